The fourth-order valence-corrected chi connectivity index (χ4v) is 5.10. The van der Waals surface area contributed by atoms with Gasteiger partial charge >= 0.3 is 0 Å². The molecule has 4 atom stereocenters. The molecule has 0 saturated carbocycles. The van der Waals surface area contributed by atoms with E-state index < -0.39 is 0 Å². The fourth-order valence-electron chi connectivity index (χ4n) is 5.10. The number of ether oxygens (including phenoxy) is 1. The van der Waals surface area contributed by atoms with E-state index in [2.05, 4.69) is 71.2 Å². The molecular formula is C27H36O. The quantitative estimate of drug-likeness (QED) is 0.478. The van der Waals surface area contributed by atoms with Crippen LogP contribution in [0.3, 0.4) is 0 Å². The molecule has 0 aliphatic heterocycles. The van der Waals surface area contributed by atoms with Gasteiger partial charge in [-0.3, -0.25) is 0 Å². The lowest BCUT2D eigenvalue weighted by atomic mass is 9.71. The van der Waals surface area contributed by atoms with Gasteiger partial charge in [0, 0.05) is 17.4 Å². The number of methoxy groups -OCH3 is 1. The highest BCUT2D eigenvalue weighted by Crippen LogP contribution is 2.46. The van der Waals surface area contributed by atoms with Crippen LogP contribution in [0.25, 0.3) is 0 Å². The number of rotatable bonds is 5. The Kier molecular flexibility index (Phi) is 6.33. The molecule has 0 N–H and O–H groups in total. The van der Waals surface area contributed by atoms with Crippen molar-refractivity contribution in [1.82, 2.24) is 0 Å². The van der Waals surface area contributed by atoms with Crippen molar-refractivity contribution in [3.05, 3.63) is 76.9 Å². The number of hydrogen-bond donors (Lipinski definition) is 0. The summed E-state index contributed by atoms with van der Waals surface area (Å²) in [6.07, 6.45) is 9.63. The van der Waals surface area contributed by atoms with Crippen LogP contribution < -0.4 is 4.74 Å². The molecule has 0 unspecified atom stereocenters. The van der Waals surface area contributed by atoms with Crippen LogP contribution in [0.5, 0.6) is 5.75 Å². The van der Waals surface area contributed by atoms with Gasteiger partial charge in [-0.15, -0.1) is 0 Å². The molecule has 0 fully saturated rings. The van der Waals surface area contributed by atoms with Crippen LogP contribution in [0.1, 0.15) is 76.3 Å². The normalized spacial score (nSPS) is 27.6. The monoisotopic (exact) mass is 376 g/mol. The van der Waals surface area contributed by atoms with Crippen molar-refractivity contribution >= 4 is 0 Å². The summed E-state index contributed by atoms with van der Waals surface area (Å²) in [6, 6.07) is 6.84. The maximum absolute atomic E-state index is 5.81. The first-order chi connectivity index (χ1) is 13.3. The molecule has 28 heavy (non-hydrogen) atoms. The SMILES string of the molecule is C=C(C)[C@H]1CCC(C)=C[C@@H]1c1ccc(OC)c([C@@H]2C=C(C)CC[C@H]2C(=C)C)c1. The van der Waals surface area contributed by atoms with Crippen LogP contribution in [0.2, 0.25) is 0 Å². The maximum Gasteiger partial charge on any atom is 0.122 e. The molecule has 150 valence electrons. The van der Waals surface area contributed by atoms with Crippen molar-refractivity contribution in [2.24, 2.45) is 11.8 Å². The first kappa shape index (κ1) is 20.7. The van der Waals surface area contributed by atoms with E-state index in [9.17, 15) is 0 Å². The zero-order valence-electron chi connectivity index (χ0n) is 18.3. The Balaban J connectivity index is 2.09. The molecule has 0 amide bonds. The highest BCUT2D eigenvalue weighted by Gasteiger charge is 2.30. The molecular weight excluding hydrogens is 340 g/mol. The molecule has 1 aromatic carbocycles. The summed E-state index contributed by atoms with van der Waals surface area (Å²) in [7, 11) is 1.79. The second-order valence-corrected chi connectivity index (χ2v) is 9.06. The van der Waals surface area contributed by atoms with Gasteiger partial charge in [-0.05, 0) is 76.8 Å². The standard InChI is InChI=1S/C27H36O/c1-17(2)22-11-8-19(5)14-24(22)21-10-13-27(28-7)26(16-21)25-15-20(6)9-12-23(25)18(3)4/h10,13-16,22-25H,1,3,8-9,11-12H2,2,4-7H3/t22-,23+,24-,25-/m1/s1. The Bertz CT molecular complexity index is 823. The van der Waals surface area contributed by atoms with E-state index in [0.717, 1.165) is 5.75 Å². The lowest BCUT2D eigenvalue weighted by Crippen LogP contribution is -2.19. The van der Waals surface area contributed by atoms with Gasteiger partial charge in [0.2, 0.25) is 0 Å². The van der Waals surface area contributed by atoms with Crippen LogP contribution in [0.15, 0.2) is 65.8 Å². The average molecular weight is 377 g/mol. The molecule has 0 radical (unpaired) electrons. The summed E-state index contributed by atoms with van der Waals surface area (Å²) < 4.78 is 5.81. The Hall–Kier alpha value is -2.02. The van der Waals surface area contributed by atoms with E-state index in [1.165, 1.54) is 59.1 Å². The molecule has 0 spiro atoms. The largest absolute Gasteiger partial charge is 0.496 e. The predicted octanol–water partition coefficient (Wildman–Crippen LogP) is 7.73. The lowest BCUT2D eigenvalue weighted by Gasteiger charge is -2.34. The third-order valence-corrected chi connectivity index (χ3v) is 6.76. The summed E-state index contributed by atoms with van der Waals surface area (Å²) >= 11 is 0. The van der Waals surface area contributed by atoms with E-state index in [1.54, 1.807) is 7.11 Å². The fraction of sp³-hybridized carbons (Fsp3) is 0.481. The van der Waals surface area contributed by atoms with Crippen molar-refractivity contribution in [1.29, 1.82) is 0 Å². The van der Waals surface area contributed by atoms with Crippen LogP contribution in [0, 0.1) is 11.8 Å². The maximum atomic E-state index is 5.81. The third kappa shape index (κ3) is 4.19. The first-order valence-electron chi connectivity index (χ1n) is 10.6. The van der Waals surface area contributed by atoms with Crippen molar-refractivity contribution < 1.29 is 4.74 Å². The van der Waals surface area contributed by atoms with Crippen molar-refractivity contribution in [3.8, 4) is 5.75 Å². The number of benzene rings is 1. The zero-order chi connectivity index (χ0) is 20.4. The Morgan fingerprint density at radius 1 is 0.893 bits per heavy atom. The van der Waals surface area contributed by atoms with Crippen LogP contribution in [-0.4, -0.2) is 7.11 Å². The third-order valence-electron chi connectivity index (χ3n) is 6.76. The highest BCUT2D eigenvalue weighted by atomic mass is 16.5. The molecule has 1 nitrogen and oxygen atoms in total. The summed E-state index contributed by atoms with van der Waals surface area (Å²) in [4.78, 5) is 0. The van der Waals surface area contributed by atoms with Crippen molar-refractivity contribution in [2.45, 2.75) is 65.2 Å². The van der Waals surface area contributed by atoms with Gasteiger partial charge in [0.05, 0.1) is 7.11 Å². The minimum Gasteiger partial charge on any atom is -0.496 e. The Morgan fingerprint density at radius 3 is 1.96 bits per heavy atom. The van der Waals surface area contributed by atoms with E-state index in [1.807, 2.05) is 0 Å². The number of hydrogen-bond acceptors (Lipinski definition) is 1. The minimum absolute atomic E-state index is 0.345. The van der Waals surface area contributed by atoms with Gasteiger partial charge in [-0.2, -0.15) is 0 Å². The second-order valence-electron chi connectivity index (χ2n) is 9.06. The summed E-state index contributed by atoms with van der Waals surface area (Å²) in [5, 5.41) is 0. The van der Waals surface area contributed by atoms with Gasteiger partial charge in [-0.1, -0.05) is 59.7 Å². The molecule has 0 bridgehead atoms. The van der Waals surface area contributed by atoms with Crippen LogP contribution in [0.4, 0.5) is 0 Å². The van der Waals surface area contributed by atoms with E-state index in [4.69, 9.17) is 4.74 Å². The Morgan fingerprint density at radius 2 is 1.43 bits per heavy atom. The average Bonchev–Trinajstić information content (AvgIpc) is 2.66. The highest BCUT2D eigenvalue weighted by molar-refractivity contribution is 5.46. The summed E-state index contributed by atoms with van der Waals surface area (Å²) in [5.41, 5.74) is 8.23. The smallest absolute Gasteiger partial charge is 0.122 e. The van der Waals surface area contributed by atoms with Gasteiger partial charge in [-0.25, -0.2) is 0 Å². The van der Waals surface area contributed by atoms with Gasteiger partial charge in [0.25, 0.3) is 0 Å². The molecule has 1 aromatic rings. The van der Waals surface area contributed by atoms with E-state index >= 15 is 0 Å². The minimum atomic E-state index is 0.345. The Labute approximate surface area is 171 Å². The summed E-state index contributed by atoms with van der Waals surface area (Å²) in [5.74, 6) is 2.75. The predicted molar refractivity (Wildman–Crippen MR) is 121 cm³/mol. The topological polar surface area (TPSA) is 9.23 Å². The molecule has 2 aliphatic carbocycles. The molecule has 1 heteroatoms. The van der Waals surface area contributed by atoms with Gasteiger partial charge in [0.1, 0.15) is 5.75 Å². The van der Waals surface area contributed by atoms with Crippen molar-refractivity contribution in [2.75, 3.05) is 7.11 Å². The molecule has 0 heterocycles. The zero-order valence-corrected chi connectivity index (χ0v) is 18.3. The molecule has 2 aliphatic rings. The van der Waals surface area contributed by atoms with Crippen LogP contribution >= 0.6 is 0 Å². The second kappa shape index (κ2) is 8.55. The van der Waals surface area contributed by atoms with Gasteiger partial charge in [0.15, 0.2) is 0 Å². The van der Waals surface area contributed by atoms with Gasteiger partial charge < -0.3 is 4.74 Å². The summed E-state index contributed by atoms with van der Waals surface area (Å²) in [6.45, 7) is 17.5. The molecule has 3 rings (SSSR count). The van der Waals surface area contributed by atoms with Crippen molar-refractivity contribution in [3.63, 3.8) is 0 Å². The lowest BCUT2D eigenvalue weighted by molar-refractivity contribution is 0.396. The first-order valence-corrected chi connectivity index (χ1v) is 10.6. The molecule has 0 aromatic heterocycles. The van der Waals surface area contributed by atoms with E-state index in [-0.39, 0.29) is 0 Å². The van der Waals surface area contributed by atoms with E-state index in [0.29, 0.717) is 23.7 Å². The molecule has 0 saturated heterocycles. The number of allylic oxidation sites excluding steroid dienone is 6. The van der Waals surface area contributed by atoms with Crippen LogP contribution in [-0.2, 0) is 0 Å².